The highest BCUT2D eigenvalue weighted by Crippen LogP contribution is 2.39. The maximum absolute atomic E-state index is 4.07. The van der Waals surface area contributed by atoms with E-state index in [9.17, 15) is 0 Å². The molecular weight excluding hydrogens is 794 g/mol. The van der Waals surface area contributed by atoms with Crippen molar-refractivity contribution in [3.63, 3.8) is 0 Å². The van der Waals surface area contributed by atoms with Gasteiger partial charge in [0.15, 0.2) is 0 Å². The zero-order valence-corrected chi connectivity index (χ0v) is 39.9. The summed E-state index contributed by atoms with van der Waals surface area (Å²) in [5.41, 5.74) is 23.4. The van der Waals surface area contributed by atoms with Crippen LogP contribution in [0.4, 0.5) is 0 Å². The summed E-state index contributed by atoms with van der Waals surface area (Å²) in [5, 5.41) is 2.72. The van der Waals surface area contributed by atoms with Crippen molar-refractivity contribution < 1.29 is 0 Å². The van der Waals surface area contributed by atoms with Gasteiger partial charge in [-0.15, -0.1) is 0 Å². The predicted molar refractivity (Wildman–Crippen MR) is 289 cm³/mol. The highest BCUT2D eigenvalue weighted by molar-refractivity contribution is 6.96. The maximum atomic E-state index is 4.07. The van der Waals surface area contributed by atoms with E-state index in [2.05, 4.69) is 242 Å². The van der Waals surface area contributed by atoms with Crippen molar-refractivity contribution in [2.45, 2.75) is 79.6 Å². The van der Waals surface area contributed by atoms with Gasteiger partial charge in [0, 0.05) is 16.5 Å². The minimum Gasteiger partial charge on any atom is -0.309 e. The molecule has 0 saturated heterocycles. The fourth-order valence-electron chi connectivity index (χ4n) is 11.0. The fraction of sp³-hybridized carbons (Fsp3) is 0.188. The van der Waals surface area contributed by atoms with Gasteiger partial charge in [-0.2, -0.15) is 0 Å². The van der Waals surface area contributed by atoms with E-state index in [1.807, 2.05) is 6.08 Å². The number of fused-ring (bicyclic) bond motifs is 3. The Hall–Kier alpha value is -6.90. The summed E-state index contributed by atoms with van der Waals surface area (Å²) < 4.78 is 2.43. The minimum atomic E-state index is 0.0836. The fourth-order valence-corrected chi connectivity index (χ4v) is 11.0. The van der Waals surface area contributed by atoms with E-state index in [1.165, 1.54) is 105 Å². The number of benzene rings is 8. The lowest BCUT2D eigenvalue weighted by Crippen LogP contribution is -2.55. The average Bonchev–Trinajstić information content (AvgIpc) is 3.69. The maximum Gasteiger partial charge on any atom is 0.242 e. The summed E-state index contributed by atoms with van der Waals surface area (Å²) in [7, 11) is 0. The van der Waals surface area contributed by atoms with Gasteiger partial charge < -0.3 is 4.57 Å². The van der Waals surface area contributed by atoms with Crippen molar-refractivity contribution in [2.24, 2.45) is 0 Å². The SMILES string of the molecule is C=C/C(=C\C)c1ccc(B(c2c(C)cc(-c3ccccc3)cc2C)c2c(C)cc(-c3ccc(C(CC)CCC(C)c4cccc5c4c4ccccc4n5-c4ccccc4)cc3)cc2C)cc1. The molecule has 2 unspecified atom stereocenters. The van der Waals surface area contributed by atoms with Gasteiger partial charge in [0.2, 0.25) is 6.71 Å². The van der Waals surface area contributed by atoms with Crippen molar-refractivity contribution in [1.29, 1.82) is 0 Å². The van der Waals surface area contributed by atoms with Crippen LogP contribution in [0.1, 0.15) is 90.8 Å². The zero-order chi connectivity index (χ0) is 45.9. The topological polar surface area (TPSA) is 4.93 Å². The Balaban J connectivity index is 0.996. The largest absolute Gasteiger partial charge is 0.309 e. The first-order valence-corrected chi connectivity index (χ1v) is 24.0. The van der Waals surface area contributed by atoms with Gasteiger partial charge in [-0.25, -0.2) is 0 Å². The Morgan fingerprint density at radius 3 is 1.70 bits per heavy atom. The summed E-state index contributed by atoms with van der Waals surface area (Å²) in [6, 6.07) is 65.7. The second kappa shape index (κ2) is 19.3. The first kappa shape index (κ1) is 44.3. The minimum absolute atomic E-state index is 0.0836. The molecule has 0 amide bonds. The first-order chi connectivity index (χ1) is 32.2. The van der Waals surface area contributed by atoms with Crippen LogP contribution >= 0.6 is 0 Å². The molecule has 1 heterocycles. The Labute approximate surface area is 394 Å². The summed E-state index contributed by atoms with van der Waals surface area (Å²) in [6.07, 6.45) is 7.48. The molecule has 0 aliphatic heterocycles. The number of aryl methyl sites for hydroxylation is 4. The third-order valence-corrected chi connectivity index (χ3v) is 14.4. The van der Waals surface area contributed by atoms with Gasteiger partial charge in [0.25, 0.3) is 0 Å². The zero-order valence-electron chi connectivity index (χ0n) is 39.9. The number of para-hydroxylation sites is 2. The molecule has 66 heavy (non-hydrogen) atoms. The smallest absolute Gasteiger partial charge is 0.242 e. The van der Waals surface area contributed by atoms with Crippen LogP contribution in [0, 0.1) is 27.7 Å². The van der Waals surface area contributed by atoms with Gasteiger partial charge in [-0.05, 0) is 134 Å². The second-order valence-electron chi connectivity index (χ2n) is 18.6. The van der Waals surface area contributed by atoms with Gasteiger partial charge in [-0.1, -0.05) is 223 Å². The number of aromatic nitrogens is 1. The summed E-state index contributed by atoms with van der Waals surface area (Å²) in [5.74, 6) is 0.926. The molecule has 9 aromatic rings. The molecule has 0 radical (unpaired) electrons. The van der Waals surface area contributed by atoms with Crippen LogP contribution in [0.3, 0.4) is 0 Å². The molecule has 8 aromatic carbocycles. The van der Waals surface area contributed by atoms with Gasteiger partial charge in [-0.3, -0.25) is 0 Å². The molecule has 0 saturated carbocycles. The molecule has 0 spiro atoms. The quantitative estimate of drug-likeness (QED) is 0.0758. The average molecular weight is 856 g/mol. The molecular formula is C64H62BN. The number of allylic oxidation sites excluding steroid dienone is 3. The van der Waals surface area contributed by atoms with Crippen molar-refractivity contribution in [1.82, 2.24) is 4.57 Å². The molecule has 0 N–H and O–H groups in total. The van der Waals surface area contributed by atoms with Crippen LogP contribution in [0.25, 0.3) is 55.3 Å². The van der Waals surface area contributed by atoms with Crippen LogP contribution in [0.2, 0.25) is 0 Å². The molecule has 9 rings (SSSR count). The van der Waals surface area contributed by atoms with E-state index in [0.29, 0.717) is 11.8 Å². The molecule has 1 nitrogen and oxygen atoms in total. The lowest BCUT2D eigenvalue weighted by molar-refractivity contribution is 0.537. The standard InChI is InChI=1S/C64H62BN/c1-9-48(10-2)51-35-37-56(38-36-51)65(63-44(5)39-54(40-45(63)6)50-21-14-12-15-22-50)64-46(7)41-55(42-47(64)8)53-33-31-52(32-34-53)49(11-3)30-29-43(4)58-26-20-28-61-62(58)59-25-18-19-27-60(59)66(61)57-23-16-13-17-24-57/h9-10,12-28,31-43,49H,1,11,29-30H2,2-8H3/b48-10+. The van der Waals surface area contributed by atoms with E-state index in [4.69, 9.17) is 0 Å². The summed E-state index contributed by atoms with van der Waals surface area (Å²) in [6.45, 7) is 20.2. The third-order valence-electron chi connectivity index (χ3n) is 14.4. The van der Waals surface area contributed by atoms with Gasteiger partial charge in [0.05, 0.1) is 11.0 Å². The molecule has 2 atom stereocenters. The number of hydrogen-bond acceptors (Lipinski definition) is 0. The van der Waals surface area contributed by atoms with Gasteiger partial charge >= 0.3 is 0 Å². The lowest BCUT2D eigenvalue weighted by atomic mass is 9.34. The van der Waals surface area contributed by atoms with E-state index in [1.54, 1.807) is 0 Å². The monoisotopic (exact) mass is 855 g/mol. The normalized spacial score (nSPS) is 12.7. The highest BCUT2D eigenvalue weighted by Gasteiger charge is 2.29. The molecule has 0 aliphatic rings. The summed E-state index contributed by atoms with van der Waals surface area (Å²) >= 11 is 0. The van der Waals surface area contributed by atoms with Crippen molar-refractivity contribution in [2.75, 3.05) is 0 Å². The van der Waals surface area contributed by atoms with E-state index >= 15 is 0 Å². The molecule has 0 bridgehead atoms. The predicted octanol–water partition coefficient (Wildman–Crippen LogP) is 15.5. The van der Waals surface area contributed by atoms with E-state index in [0.717, 1.165) is 24.8 Å². The molecule has 2 heteroatoms. The lowest BCUT2D eigenvalue weighted by Gasteiger charge is -2.25. The molecule has 0 fully saturated rings. The molecule has 0 aliphatic carbocycles. The highest BCUT2D eigenvalue weighted by atomic mass is 15.0. The van der Waals surface area contributed by atoms with E-state index < -0.39 is 0 Å². The van der Waals surface area contributed by atoms with E-state index in [-0.39, 0.29) is 6.71 Å². The molecule has 1 aromatic heterocycles. The van der Waals surface area contributed by atoms with Crippen LogP contribution in [-0.2, 0) is 0 Å². The second-order valence-corrected chi connectivity index (χ2v) is 18.6. The Kier molecular flexibility index (Phi) is 13.0. The van der Waals surface area contributed by atoms with Crippen molar-refractivity contribution >= 4 is 50.5 Å². The van der Waals surface area contributed by atoms with Crippen LogP contribution in [-0.4, -0.2) is 11.3 Å². The van der Waals surface area contributed by atoms with Gasteiger partial charge in [0.1, 0.15) is 0 Å². The Morgan fingerprint density at radius 2 is 1.12 bits per heavy atom. The number of hydrogen-bond donors (Lipinski definition) is 0. The third kappa shape index (κ3) is 8.54. The van der Waals surface area contributed by atoms with Crippen LogP contribution < -0.4 is 16.4 Å². The molecule has 326 valence electrons. The Bertz CT molecular complexity index is 3140. The first-order valence-electron chi connectivity index (χ1n) is 24.0. The Morgan fingerprint density at radius 1 is 0.576 bits per heavy atom. The van der Waals surface area contributed by atoms with Crippen LogP contribution in [0.15, 0.2) is 195 Å². The van der Waals surface area contributed by atoms with Crippen LogP contribution in [0.5, 0.6) is 0 Å². The number of nitrogens with zero attached hydrogens (tertiary/aromatic N) is 1. The number of rotatable bonds is 14. The van der Waals surface area contributed by atoms with Crippen molar-refractivity contribution in [3.8, 4) is 27.9 Å². The van der Waals surface area contributed by atoms with Crippen molar-refractivity contribution in [3.05, 3.63) is 234 Å². The summed E-state index contributed by atoms with van der Waals surface area (Å²) in [4.78, 5) is 0.